The van der Waals surface area contributed by atoms with Crippen LogP contribution in [0.5, 0.6) is 5.75 Å². The van der Waals surface area contributed by atoms with Crippen LogP contribution in [0.1, 0.15) is 18.1 Å². The maximum absolute atomic E-state index is 13.1. The molecule has 0 radical (unpaired) electrons. The van der Waals surface area contributed by atoms with E-state index >= 15 is 0 Å². The third kappa shape index (κ3) is 5.89. The predicted octanol–water partition coefficient (Wildman–Crippen LogP) is 4.46. The average Bonchev–Trinajstić information content (AvgIpc) is 2.82. The van der Waals surface area contributed by atoms with Crippen LogP contribution in [0.2, 0.25) is 0 Å². The quantitative estimate of drug-likeness (QED) is 0.247. The second-order valence-corrected chi connectivity index (χ2v) is 8.99. The SMILES string of the molecule is COc1ccc(NS(=O)(=O)c2cc([N+](=O)[O-])ccc2NN=C(C)c2ccc(C)c([N+](=O)[O-])c2)cc1. The van der Waals surface area contributed by atoms with Gasteiger partial charge in [0.1, 0.15) is 10.6 Å². The highest BCUT2D eigenvalue weighted by atomic mass is 32.2. The van der Waals surface area contributed by atoms with Gasteiger partial charge in [0.2, 0.25) is 0 Å². The Morgan fingerprint density at radius 1 is 0.971 bits per heavy atom. The molecule has 0 saturated heterocycles. The van der Waals surface area contributed by atoms with Crippen LogP contribution in [-0.4, -0.2) is 31.1 Å². The summed E-state index contributed by atoms with van der Waals surface area (Å²) in [7, 11) is -2.80. The largest absolute Gasteiger partial charge is 0.497 e. The Balaban J connectivity index is 1.97. The molecule has 3 aromatic carbocycles. The van der Waals surface area contributed by atoms with E-state index < -0.39 is 30.5 Å². The standard InChI is InChI=1S/C22H21N5O7S/c1-14-4-5-16(12-21(14)27(30)31)15(2)23-24-20-11-8-18(26(28)29)13-22(20)35(32,33)25-17-6-9-19(34-3)10-7-17/h4-13,24-25H,1-3H3. The topological polar surface area (TPSA) is 166 Å². The second kappa shape index (κ2) is 10.2. The van der Waals surface area contributed by atoms with Crippen molar-refractivity contribution in [2.75, 3.05) is 17.3 Å². The van der Waals surface area contributed by atoms with E-state index in [1.807, 2.05) is 0 Å². The lowest BCUT2D eigenvalue weighted by molar-refractivity contribution is -0.385. The van der Waals surface area contributed by atoms with Gasteiger partial charge in [0.25, 0.3) is 21.4 Å². The van der Waals surface area contributed by atoms with Crippen molar-refractivity contribution >= 4 is 38.5 Å². The number of hydrogen-bond acceptors (Lipinski definition) is 9. The lowest BCUT2D eigenvalue weighted by Crippen LogP contribution is -2.15. The van der Waals surface area contributed by atoms with Gasteiger partial charge in [-0.05, 0) is 44.2 Å². The van der Waals surface area contributed by atoms with Gasteiger partial charge in [-0.2, -0.15) is 5.10 Å². The summed E-state index contributed by atoms with van der Waals surface area (Å²) in [4.78, 5) is 20.8. The van der Waals surface area contributed by atoms with Gasteiger partial charge in [-0.15, -0.1) is 0 Å². The Bertz CT molecular complexity index is 1420. The molecule has 0 fully saturated rings. The summed E-state index contributed by atoms with van der Waals surface area (Å²) in [5.41, 5.74) is 3.53. The number of benzene rings is 3. The number of non-ortho nitro benzene ring substituents is 1. The molecule has 182 valence electrons. The number of nitrogens with zero attached hydrogens (tertiary/aromatic N) is 3. The van der Waals surface area contributed by atoms with Crippen LogP contribution in [0.15, 0.2) is 70.7 Å². The van der Waals surface area contributed by atoms with Crippen molar-refractivity contribution < 1.29 is 23.0 Å². The predicted molar refractivity (Wildman–Crippen MR) is 131 cm³/mol. The molecular formula is C22H21N5O7S. The maximum atomic E-state index is 13.1. The summed E-state index contributed by atoms with van der Waals surface area (Å²) in [5.74, 6) is 0.520. The van der Waals surface area contributed by atoms with E-state index in [0.29, 0.717) is 22.6 Å². The fourth-order valence-corrected chi connectivity index (χ4v) is 4.28. The lowest BCUT2D eigenvalue weighted by Gasteiger charge is -2.13. The highest BCUT2D eigenvalue weighted by Gasteiger charge is 2.23. The highest BCUT2D eigenvalue weighted by molar-refractivity contribution is 7.92. The van der Waals surface area contributed by atoms with Crippen LogP contribution >= 0.6 is 0 Å². The lowest BCUT2D eigenvalue weighted by atomic mass is 10.1. The molecule has 0 unspecified atom stereocenters. The van der Waals surface area contributed by atoms with Crippen LogP contribution in [-0.2, 0) is 10.0 Å². The van der Waals surface area contributed by atoms with Gasteiger partial charge in [0.15, 0.2) is 0 Å². The molecule has 12 nitrogen and oxygen atoms in total. The molecule has 0 atom stereocenters. The average molecular weight is 500 g/mol. The van der Waals surface area contributed by atoms with E-state index in [1.54, 1.807) is 38.1 Å². The first kappa shape index (κ1) is 25.1. The molecule has 0 amide bonds. The van der Waals surface area contributed by atoms with Crippen LogP contribution in [0.25, 0.3) is 0 Å². The Hall–Kier alpha value is -4.52. The van der Waals surface area contributed by atoms with Crippen molar-refractivity contribution in [3.05, 3.63) is 92.0 Å². The van der Waals surface area contributed by atoms with E-state index in [2.05, 4.69) is 15.2 Å². The van der Waals surface area contributed by atoms with Gasteiger partial charge in [0, 0.05) is 35.0 Å². The number of hydrogen-bond donors (Lipinski definition) is 2. The van der Waals surface area contributed by atoms with Crippen molar-refractivity contribution in [3.63, 3.8) is 0 Å². The Morgan fingerprint density at radius 2 is 1.66 bits per heavy atom. The number of nitro groups is 2. The molecule has 3 rings (SSSR count). The normalized spacial score (nSPS) is 11.6. The molecule has 0 aliphatic rings. The van der Waals surface area contributed by atoms with E-state index in [1.165, 1.54) is 31.4 Å². The van der Waals surface area contributed by atoms with E-state index in [-0.39, 0.29) is 17.1 Å². The molecule has 0 aliphatic carbocycles. The minimum atomic E-state index is -4.27. The van der Waals surface area contributed by atoms with Crippen molar-refractivity contribution in [3.8, 4) is 5.75 Å². The van der Waals surface area contributed by atoms with Gasteiger partial charge in [-0.25, -0.2) is 8.42 Å². The molecule has 0 aliphatic heterocycles. The summed E-state index contributed by atoms with van der Waals surface area (Å²) in [6, 6.07) is 13.9. The van der Waals surface area contributed by atoms with E-state index in [4.69, 9.17) is 4.74 Å². The maximum Gasteiger partial charge on any atom is 0.272 e. The van der Waals surface area contributed by atoms with Crippen molar-refractivity contribution in [1.82, 2.24) is 0 Å². The Kier molecular flexibility index (Phi) is 7.30. The summed E-state index contributed by atoms with van der Waals surface area (Å²) >= 11 is 0. The van der Waals surface area contributed by atoms with Gasteiger partial charge in [-0.1, -0.05) is 12.1 Å². The first-order valence-corrected chi connectivity index (χ1v) is 11.5. The van der Waals surface area contributed by atoms with Gasteiger partial charge >= 0.3 is 0 Å². The molecule has 0 aromatic heterocycles. The molecule has 3 aromatic rings. The van der Waals surface area contributed by atoms with Crippen molar-refractivity contribution in [2.24, 2.45) is 5.10 Å². The van der Waals surface area contributed by atoms with Crippen LogP contribution < -0.4 is 14.9 Å². The minimum absolute atomic E-state index is 0.0300. The smallest absolute Gasteiger partial charge is 0.272 e. The van der Waals surface area contributed by atoms with Gasteiger partial charge in [-0.3, -0.25) is 30.4 Å². The number of anilines is 2. The summed E-state index contributed by atoms with van der Waals surface area (Å²) in [5, 5.41) is 26.6. The third-order valence-electron chi connectivity index (χ3n) is 4.98. The molecule has 13 heteroatoms. The molecule has 35 heavy (non-hydrogen) atoms. The van der Waals surface area contributed by atoms with Crippen LogP contribution in [0.3, 0.4) is 0 Å². The van der Waals surface area contributed by atoms with E-state index in [9.17, 15) is 28.6 Å². The number of methoxy groups -OCH3 is 1. The van der Waals surface area contributed by atoms with Crippen molar-refractivity contribution in [1.29, 1.82) is 0 Å². The first-order valence-electron chi connectivity index (χ1n) is 10.0. The fraction of sp³-hybridized carbons (Fsp3) is 0.136. The van der Waals surface area contributed by atoms with E-state index in [0.717, 1.165) is 12.1 Å². The zero-order chi connectivity index (χ0) is 25.8. The monoisotopic (exact) mass is 499 g/mol. The van der Waals surface area contributed by atoms with Crippen LogP contribution in [0.4, 0.5) is 22.7 Å². The fourth-order valence-electron chi connectivity index (χ4n) is 3.05. The first-order chi connectivity index (χ1) is 16.5. The van der Waals surface area contributed by atoms with Crippen LogP contribution in [0, 0.1) is 27.2 Å². The zero-order valence-electron chi connectivity index (χ0n) is 18.9. The Labute approximate surface area is 200 Å². The number of nitrogens with one attached hydrogen (secondary N) is 2. The molecule has 2 N–H and O–H groups in total. The second-order valence-electron chi connectivity index (χ2n) is 7.34. The number of ether oxygens (including phenoxy) is 1. The molecule has 0 saturated carbocycles. The van der Waals surface area contributed by atoms with Crippen molar-refractivity contribution in [2.45, 2.75) is 18.7 Å². The summed E-state index contributed by atoms with van der Waals surface area (Å²) < 4.78 is 33.6. The van der Waals surface area contributed by atoms with Gasteiger partial charge < -0.3 is 4.74 Å². The number of rotatable bonds is 9. The number of nitro benzene ring substituents is 2. The Morgan fingerprint density at radius 3 is 2.26 bits per heavy atom. The minimum Gasteiger partial charge on any atom is -0.497 e. The molecule has 0 bridgehead atoms. The molecular weight excluding hydrogens is 478 g/mol. The third-order valence-corrected chi connectivity index (χ3v) is 6.40. The highest BCUT2D eigenvalue weighted by Crippen LogP contribution is 2.29. The number of aryl methyl sites for hydroxylation is 1. The zero-order valence-corrected chi connectivity index (χ0v) is 19.7. The van der Waals surface area contributed by atoms with Gasteiger partial charge in [0.05, 0.1) is 28.4 Å². The number of hydrazone groups is 1. The summed E-state index contributed by atoms with van der Waals surface area (Å²) in [6.07, 6.45) is 0. The molecule has 0 spiro atoms. The summed E-state index contributed by atoms with van der Waals surface area (Å²) in [6.45, 7) is 3.19. The molecule has 0 heterocycles. The number of sulfonamides is 1.